The molecule has 0 atom stereocenters. The van der Waals surface area contributed by atoms with Crippen molar-refractivity contribution in [1.29, 1.82) is 0 Å². The molecule has 2 saturated carbocycles. The van der Waals surface area contributed by atoms with Crippen molar-refractivity contribution in [1.82, 2.24) is 10.5 Å². The molecule has 0 radical (unpaired) electrons. The Morgan fingerprint density at radius 2 is 1.92 bits per heavy atom. The SMILES string of the molecule is O=C(NCC1CCCCC1)C1(c2cc(-c3ccccc3)on2)CC1. The fraction of sp³-hybridized carbons (Fsp3) is 0.500. The highest BCUT2D eigenvalue weighted by Crippen LogP contribution is 2.48. The molecule has 24 heavy (non-hydrogen) atoms. The molecular weight excluding hydrogens is 300 g/mol. The summed E-state index contributed by atoms with van der Waals surface area (Å²) in [5.74, 6) is 1.51. The van der Waals surface area contributed by atoms with Gasteiger partial charge in [-0.05, 0) is 31.6 Å². The molecule has 0 saturated heterocycles. The second-order valence-electron chi connectivity index (χ2n) is 7.24. The van der Waals surface area contributed by atoms with Crippen LogP contribution in [0.4, 0.5) is 0 Å². The van der Waals surface area contributed by atoms with E-state index in [1.54, 1.807) is 0 Å². The normalized spacial score (nSPS) is 19.8. The van der Waals surface area contributed by atoms with E-state index in [1.807, 2.05) is 36.4 Å². The zero-order chi connectivity index (χ0) is 16.4. The second-order valence-corrected chi connectivity index (χ2v) is 7.24. The minimum absolute atomic E-state index is 0.126. The molecular formula is C20H24N2O2. The third-order valence-electron chi connectivity index (χ3n) is 5.52. The van der Waals surface area contributed by atoms with Gasteiger partial charge in [0.15, 0.2) is 5.76 Å². The zero-order valence-corrected chi connectivity index (χ0v) is 14.0. The van der Waals surface area contributed by atoms with Crippen molar-refractivity contribution in [2.24, 2.45) is 5.92 Å². The van der Waals surface area contributed by atoms with Crippen LogP contribution in [0.3, 0.4) is 0 Å². The van der Waals surface area contributed by atoms with Crippen molar-refractivity contribution in [2.75, 3.05) is 6.54 Å². The summed E-state index contributed by atoms with van der Waals surface area (Å²) in [4.78, 5) is 12.7. The lowest BCUT2D eigenvalue weighted by Gasteiger charge is -2.23. The molecule has 2 aromatic rings. The smallest absolute Gasteiger partial charge is 0.232 e. The summed E-state index contributed by atoms with van der Waals surface area (Å²) in [6, 6.07) is 11.8. The Kier molecular flexibility index (Phi) is 4.13. The summed E-state index contributed by atoms with van der Waals surface area (Å²) in [5.41, 5.74) is 1.32. The maximum absolute atomic E-state index is 12.7. The highest BCUT2D eigenvalue weighted by Gasteiger charge is 2.53. The van der Waals surface area contributed by atoms with Crippen molar-refractivity contribution < 1.29 is 9.32 Å². The maximum Gasteiger partial charge on any atom is 0.232 e. The van der Waals surface area contributed by atoms with Crippen molar-refractivity contribution in [3.05, 3.63) is 42.1 Å². The van der Waals surface area contributed by atoms with Gasteiger partial charge in [-0.1, -0.05) is 54.8 Å². The van der Waals surface area contributed by atoms with Gasteiger partial charge in [-0.2, -0.15) is 0 Å². The molecule has 126 valence electrons. The van der Waals surface area contributed by atoms with Crippen LogP contribution >= 0.6 is 0 Å². The topological polar surface area (TPSA) is 55.1 Å². The van der Waals surface area contributed by atoms with Crippen LogP contribution in [0.1, 0.15) is 50.6 Å². The van der Waals surface area contributed by atoms with Gasteiger partial charge in [0.1, 0.15) is 0 Å². The van der Waals surface area contributed by atoms with Crippen LogP contribution in [0, 0.1) is 5.92 Å². The highest BCUT2D eigenvalue weighted by atomic mass is 16.5. The molecule has 0 unspecified atom stereocenters. The predicted octanol–water partition coefficient (Wildman–Crippen LogP) is 4.07. The molecule has 2 aliphatic rings. The van der Waals surface area contributed by atoms with Gasteiger partial charge < -0.3 is 9.84 Å². The average Bonchev–Trinajstić information content (AvgIpc) is 3.31. The van der Waals surface area contributed by atoms with Gasteiger partial charge in [0.25, 0.3) is 0 Å². The number of amides is 1. The van der Waals surface area contributed by atoms with Crippen LogP contribution in [0.15, 0.2) is 40.9 Å². The number of benzene rings is 1. The molecule has 1 aromatic heterocycles. The predicted molar refractivity (Wildman–Crippen MR) is 92.4 cm³/mol. The Morgan fingerprint density at radius 1 is 1.17 bits per heavy atom. The molecule has 2 aliphatic carbocycles. The van der Waals surface area contributed by atoms with E-state index in [1.165, 1.54) is 32.1 Å². The zero-order valence-electron chi connectivity index (χ0n) is 14.0. The van der Waals surface area contributed by atoms with E-state index in [-0.39, 0.29) is 5.91 Å². The molecule has 1 aromatic carbocycles. The first-order valence-corrected chi connectivity index (χ1v) is 9.09. The first-order valence-electron chi connectivity index (χ1n) is 9.09. The Morgan fingerprint density at radius 3 is 2.62 bits per heavy atom. The molecule has 4 rings (SSSR count). The average molecular weight is 324 g/mol. The first kappa shape index (κ1) is 15.4. The van der Waals surface area contributed by atoms with E-state index < -0.39 is 5.41 Å². The summed E-state index contributed by atoms with van der Waals surface area (Å²) in [7, 11) is 0. The third-order valence-corrected chi connectivity index (χ3v) is 5.52. The van der Waals surface area contributed by atoms with Gasteiger partial charge >= 0.3 is 0 Å². The van der Waals surface area contributed by atoms with Gasteiger partial charge in [-0.25, -0.2) is 0 Å². The van der Waals surface area contributed by atoms with Gasteiger partial charge in [-0.15, -0.1) is 0 Å². The Labute approximate surface area is 142 Å². The minimum atomic E-state index is -0.453. The van der Waals surface area contributed by atoms with E-state index in [0.29, 0.717) is 5.92 Å². The molecule has 1 amide bonds. The molecule has 2 fully saturated rings. The maximum atomic E-state index is 12.7. The number of hydrogen-bond acceptors (Lipinski definition) is 3. The minimum Gasteiger partial charge on any atom is -0.356 e. The lowest BCUT2D eigenvalue weighted by molar-refractivity contribution is -0.123. The Bertz CT molecular complexity index is 697. The number of nitrogens with zero attached hydrogens (tertiary/aromatic N) is 1. The monoisotopic (exact) mass is 324 g/mol. The largest absolute Gasteiger partial charge is 0.356 e. The quantitative estimate of drug-likeness (QED) is 0.902. The van der Waals surface area contributed by atoms with E-state index in [2.05, 4.69) is 10.5 Å². The lowest BCUT2D eigenvalue weighted by atomic mass is 9.89. The van der Waals surface area contributed by atoms with Crippen LogP contribution in [-0.2, 0) is 10.2 Å². The first-order chi connectivity index (χ1) is 11.8. The molecule has 0 bridgehead atoms. The number of rotatable bonds is 5. The lowest BCUT2D eigenvalue weighted by Crippen LogP contribution is -2.38. The van der Waals surface area contributed by atoms with E-state index in [9.17, 15) is 4.79 Å². The van der Waals surface area contributed by atoms with Crippen LogP contribution < -0.4 is 5.32 Å². The molecule has 4 nitrogen and oxygen atoms in total. The summed E-state index contributed by atoms with van der Waals surface area (Å²) >= 11 is 0. The van der Waals surface area contributed by atoms with Crippen LogP contribution in [0.2, 0.25) is 0 Å². The molecule has 4 heteroatoms. The summed E-state index contributed by atoms with van der Waals surface area (Å²) in [5, 5.41) is 7.39. The highest BCUT2D eigenvalue weighted by molar-refractivity contribution is 5.91. The van der Waals surface area contributed by atoms with Crippen molar-refractivity contribution in [3.8, 4) is 11.3 Å². The number of carbonyl (C=O) groups is 1. The molecule has 1 heterocycles. The number of carbonyl (C=O) groups excluding carboxylic acids is 1. The van der Waals surface area contributed by atoms with Gasteiger partial charge in [0.05, 0.1) is 11.1 Å². The Hall–Kier alpha value is -2.10. The molecule has 1 N–H and O–H groups in total. The summed E-state index contributed by atoms with van der Waals surface area (Å²) in [6.07, 6.45) is 8.17. The van der Waals surface area contributed by atoms with Crippen molar-refractivity contribution in [3.63, 3.8) is 0 Å². The van der Waals surface area contributed by atoms with E-state index in [4.69, 9.17) is 4.52 Å². The molecule has 0 spiro atoms. The van der Waals surface area contributed by atoms with Crippen molar-refractivity contribution >= 4 is 5.91 Å². The van der Waals surface area contributed by atoms with Crippen LogP contribution in [0.5, 0.6) is 0 Å². The third kappa shape index (κ3) is 2.97. The van der Waals surface area contributed by atoms with Crippen LogP contribution in [-0.4, -0.2) is 17.6 Å². The van der Waals surface area contributed by atoms with Gasteiger partial charge in [0.2, 0.25) is 5.91 Å². The van der Waals surface area contributed by atoms with E-state index >= 15 is 0 Å². The number of aromatic nitrogens is 1. The fourth-order valence-electron chi connectivity index (χ4n) is 3.76. The fourth-order valence-corrected chi connectivity index (χ4v) is 3.76. The Balaban J connectivity index is 1.43. The summed E-state index contributed by atoms with van der Waals surface area (Å²) in [6.45, 7) is 0.810. The van der Waals surface area contributed by atoms with Gasteiger partial charge in [-0.3, -0.25) is 4.79 Å². The number of nitrogens with one attached hydrogen (secondary N) is 1. The van der Waals surface area contributed by atoms with Crippen molar-refractivity contribution in [2.45, 2.75) is 50.4 Å². The second kappa shape index (κ2) is 6.42. The van der Waals surface area contributed by atoms with Gasteiger partial charge in [0, 0.05) is 18.2 Å². The van der Waals surface area contributed by atoms with Crippen LogP contribution in [0.25, 0.3) is 11.3 Å². The standard InChI is InChI=1S/C20H24N2O2/c23-19(21-14-15-7-3-1-4-8-15)20(11-12-20)18-13-17(24-22-18)16-9-5-2-6-10-16/h2,5-6,9-10,13,15H,1,3-4,7-8,11-12,14H2,(H,21,23). The van der Waals surface area contributed by atoms with E-state index in [0.717, 1.165) is 36.4 Å². The number of hydrogen-bond donors (Lipinski definition) is 1. The molecule has 0 aliphatic heterocycles. The summed E-state index contributed by atoms with van der Waals surface area (Å²) < 4.78 is 5.49.